The number of amides is 1. The number of hydrogen-bond acceptors (Lipinski definition) is 8. The lowest BCUT2D eigenvalue weighted by Crippen LogP contribution is -2.42. The van der Waals surface area contributed by atoms with E-state index in [1.54, 1.807) is 17.0 Å². The highest BCUT2D eigenvalue weighted by molar-refractivity contribution is 5.88. The van der Waals surface area contributed by atoms with E-state index in [9.17, 15) is 13.6 Å². The van der Waals surface area contributed by atoms with Crippen LogP contribution in [0.3, 0.4) is 0 Å². The van der Waals surface area contributed by atoms with Gasteiger partial charge in [0, 0.05) is 19.0 Å². The van der Waals surface area contributed by atoms with Crippen LogP contribution in [0.4, 0.5) is 20.3 Å². The zero-order valence-corrected chi connectivity index (χ0v) is 20.0. The second-order valence-corrected chi connectivity index (χ2v) is 9.68. The molecule has 2 bridgehead atoms. The van der Waals surface area contributed by atoms with Gasteiger partial charge in [0.05, 0.1) is 24.4 Å². The summed E-state index contributed by atoms with van der Waals surface area (Å²) in [5.74, 6) is -1.45. The van der Waals surface area contributed by atoms with Crippen LogP contribution in [0.25, 0.3) is 11.0 Å². The van der Waals surface area contributed by atoms with Crippen molar-refractivity contribution >= 4 is 28.4 Å². The number of fused-ring (bicyclic) bond motifs is 2. The van der Waals surface area contributed by atoms with Gasteiger partial charge >= 0.3 is 0 Å². The third-order valence-electron chi connectivity index (χ3n) is 7.11. The van der Waals surface area contributed by atoms with Crippen molar-refractivity contribution in [2.45, 2.75) is 31.0 Å². The van der Waals surface area contributed by atoms with Gasteiger partial charge in [-0.25, -0.2) is 19.3 Å². The summed E-state index contributed by atoms with van der Waals surface area (Å²) in [5, 5.41) is 2.82. The maximum Gasteiger partial charge on any atom is 0.246 e. The summed E-state index contributed by atoms with van der Waals surface area (Å²) in [4.78, 5) is 26.4. The number of likely N-dealkylation sites (tertiary alicyclic amines) is 1. The molecule has 37 heavy (non-hydrogen) atoms. The molecule has 9 nitrogen and oxygen atoms in total. The number of hydrogen-bond donors (Lipinski definition) is 1. The molecule has 2 aromatic heterocycles. The Kier molecular flexibility index (Phi) is 5.86. The number of aromatic nitrogens is 3. The average molecular weight is 510 g/mol. The Balaban J connectivity index is 1.18. The minimum atomic E-state index is -1.09. The summed E-state index contributed by atoms with van der Waals surface area (Å²) in [6.07, 6.45) is 4.79. The van der Waals surface area contributed by atoms with Crippen LogP contribution in [0.1, 0.15) is 19.3 Å². The molecular weight excluding hydrogens is 484 g/mol. The van der Waals surface area contributed by atoms with Gasteiger partial charge in [-0.15, -0.1) is 0 Å². The highest BCUT2D eigenvalue weighted by Crippen LogP contribution is 2.48. The molecule has 1 aliphatic carbocycles. The molecule has 7 rings (SSSR count). The van der Waals surface area contributed by atoms with Crippen molar-refractivity contribution in [3.05, 3.63) is 54.9 Å². The Labute approximate surface area is 211 Å². The summed E-state index contributed by atoms with van der Waals surface area (Å²) < 4.78 is 47.0. The van der Waals surface area contributed by atoms with Crippen LogP contribution in [0.5, 0.6) is 11.6 Å². The van der Waals surface area contributed by atoms with Crippen LogP contribution in [-0.2, 0) is 9.53 Å². The van der Waals surface area contributed by atoms with Crippen molar-refractivity contribution in [3.8, 4) is 11.6 Å². The van der Waals surface area contributed by atoms with Crippen molar-refractivity contribution in [1.82, 2.24) is 19.9 Å². The minimum absolute atomic E-state index is 0.119. The van der Waals surface area contributed by atoms with Crippen LogP contribution < -0.4 is 14.8 Å². The molecule has 4 fully saturated rings. The normalized spacial score (nSPS) is 24.1. The first kappa shape index (κ1) is 23.5. The Hall–Kier alpha value is -3.86. The van der Waals surface area contributed by atoms with Gasteiger partial charge in [-0.3, -0.25) is 4.79 Å². The molecule has 0 spiro atoms. The number of anilines is 2. The van der Waals surface area contributed by atoms with E-state index < -0.39 is 11.6 Å². The van der Waals surface area contributed by atoms with Gasteiger partial charge in [0.15, 0.2) is 17.4 Å². The van der Waals surface area contributed by atoms with Crippen LogP contribution in [0.15, 0.2) is 43.2 Å². The number of ether oxygens (including phenoxy) is 3. The summed E-state index contributed by atoms with van der Waals surface area (Å²) in [6.45, 7) is 5.39. The van der Waals surface area contributed by atoms with Crippen molar-refractivity contribution in [2.75, 3.05) is 31.6 Å². The van der Waals surface area contributed by atoms with E-state index in [1.807, 2.05) is 0 Å². The second-order valence-electron chi connectivity index (χ2n) is 9.68. The lowest BCUT2D eigenvalue weighted by Gasteiger charge is -2.35. The molecule has 1 aromatic carbocycles. The zero-order valence-electron chi connectivity index (χ0n) is 20.0. The molecule has 4 aliphatic rings. The number of halogens is 2. The lowest BCUT2D eigenvalue weighted by atomic mass is 9.75. The molecule has 1 atom stereocenters. The molecule has 3 aromatic rings. The van der Waals surface area contributed by atoms with Gasteiger partial charge < -0.3 is 24.4 Å². The predicted molar refractivity (Wildman–Crippen MR) is 130 cm³/mol. The SMILES string of the molecule is C=CC(=O)N1CC[C@H](Oc2ccc3ncnc(Nc4ccc(OCC56CC(CO5)C6)c(F)c4F)c3n2)C1. The number of pyridine rings is 1. The van der Waals surface area contributed by atoms with Crippen molar-refractivity contribution in [1.29, 1.82) is 0 Å². The fourth-order valence-electron chi connectivity index (χ4n) is 5.16. The summed E-state index contributed by atoms with van der Waals surface area (Å²) in [7, 11) is 0. The smallest absolute Gasteiger partial charge is 0.246 e. The van der Waals surface area contributed by atoms with E-state index >= 15 is 0 Å². The summed E-state index contributed by atoms with van der Waals surface area (Å²) in [6, 6.07) is 6.14. The van der Waals surface area contributed by atoms with E-state index in [0.717, 1.165) is 12.8 Å². The monoisotopic (exact) mass is 509 g/mol. The molecule has 5 heterocycles. The van der Waals surface area contributed by atoms with Crippen LogP contribution >= 0.6 is 0 Å². The van der Waals surface area contributed by atoms with E-state index in [1.165, 1.54) is 24.5 Å². The molecule has 1 saturated carbocycles. The molecule has 192 valence electrons. The number of rotatable bonds is 8. The van der Waals surface area contributed by atoms with Crippen molar-refractivity contribution in [2.24, 2.45) is 5.92 Å². The highest BCUT2D eigenvalue weighted by atomic mass is 19.2. The van der Waals surface area contributed by atoms with Crippen molar-refractivity contribution < 1.29 is 27.8 Å². The average Bonchev–Trinajstić information content (AvgIpc) is 3.63. The molecule has 11 heteroatoms. The fraction of sp³-hybridized carbons (Fsp3) is 0.385. The lowest BCUT2D eigenvalue weighted by molar-refractivity contribution is -0.125. The number of nitrogens with one attached hydrogen (secondary N) is 1. The molecule has 1 N–H and O–H groups in total. The quantitative estimate of drug-likeness (QED) is 0.459. The van der Waals surface area contributed by atoms with E-state index in [4.69, 9.17) is 14.2 Å². The van der Waals surface area contributed by atoms with Crippen LogP contribution in [0.2, 0.25) is 0 Å². The van der Waals surface area contributed by atoms with Crippen LogP contribution in [-0.4, -0.2) is 63.8 Å². The van der Waals surface area contributed by atoms with E-state index in [0.29, 0.717) is 48.9 Å². The summed E-state index contributed by atoms with van der Waals surface area (Å²) in [5.41, 5.74) is 0.337. The maximum atomic E-state index is 15.0. The first-order valence-corrected chi connectivity index (χ1v) is 12.1. The first-order chi connectivity index (χ1) is 17.9. The number of carbonyl (C=O) groups is 1. The molecule has 0 radical (unpaired) electrons. The van der Waals surface area contributed by atoms with Gasteiger partial charge in [0.25, 0.3) is 0 Å². The molecule has 3 aliphatic heterocycles. The van der Waals surface area contributed by atoms with E-state index in [2.05, 4.69) is 26.8 Å². The van der Waals surface area contributed by atoms with Gasteiger partial charge in [-0.2, -0.15) is 4.39 Å². The third kappa shape index (κ3) is 4.43. The Morgan fingerprint density at radius 2 is 2.11 bits per heavy atom. The van der Waals surface area contributed by atoms with Crippen LogP contribution in [0, 0.1) is 17.6 Å². The summed E-state index contributed by atoms with van der Waals surface area (Å²) >= 11 is 0. The fourth-order valence-corrected chi connectivity index (χ4v) is 5.16. The van der Waals surface area contributed by atoms with Gasteiger partial charge in [0.2, 0.25) is 17.6 Å². The Bertz CT molecular complexity index is 1380. The van der Waals surface area contributed by atoms with Crippen molar-refractivity contribution in [3.63, 3.8) is 0 Å². The number of carbonyl (C=O) groups excluding carboxylic acids is 1. The maximum absolute atomic E-state index is 15.0. The standard InChI is InChI=1S/C26H25F2N5O4/c1-2-21(34)33-8-7-16(11-33)37-20-6-4-18-24(32-20)25(30-14-29-18)31-17-3-5-19(23(28)22(17)27)35-13-26-9-15(10-26)12-36-26/h2-6,14-16H,1,7-13H2,(H,29,30,31)/t15?,16-,26?/m0/s1. The van der Waals surface area contributed by atoms with E-state index in [-0.39, 0.29) is 41.5 Å². The third-order valence-corrected chi connectivity index (χ3v) is 7.11. The van der Waals surface area contributed by atoms with Gasteiger partial charge in [0.1, 0.15) is 30.2 Å². The largest absolute Gasteiger partial charge is 0.487 e. The molecule has 0 unspecified atom stereocenters. The molecule has 3 saturated heterocycles. The Morgan fingerprint density at radius 1 is 1.24 bits per heavy atom. The highest BCUT2D eigenvalue weighted by Gasteiger charge is 2.52. The number of nitrogens with zero attached hydrogens (tertiary/aromatic N) is 4. The second kappa shape index (κ2) is 9.22. The van der Waals surface area contributed by atoms with Gasteiger partial charge in [-0.05, 0) is 43.0 Å². The number of benzene rings is 1. The van der Waals surface area contributed by atoms with Gasteiger partial charge in [-0.1, -0.05) is 6.58 Å². The molecule has 1 amide bonds. The predicted octanol–water partition coefficient (Wildman–Crippen LogP) is 3.77. The first-order valence-electron chi connectivity index (χ1n) is 12.1. The zero-order chi connectivity index (χ0) is 25.6. The topological polar surface area (TPSA) is 98.7 Å². The minimum Gasteiger partial charge on any atom is -0.487 e. The Morgan fingerprint density at radius 3 is 2.89 bits per heavy atom. The molecular formula is C26H25F2N5O4.